The van der Waals surface area contributed by atoms with Crippen LogP contribution >= 0.6 is 0 Å². The van der Waals surface area contributed by atoms with Crippen molar-refractivity contribution in [2.24, 2.45) is 0 Å². The normalized spacial score (nSPS) is 11.5. The second-order valence-electron chi connectivity index (χ2n) is 8.63. The van der Waals surface area contributed by atoms with Crippen LogP contribution in [0.2, 0.25) is 0 Å². The standard InChI is InChI=1S/C28H32N4O3S/c1-3-4-5-6-21-7-13-25(14-8-21)36(33,34)30-20-17-26-27(22-9-11-24(35-2)12-10-22)32-28(31-26)23-15-18-29-19-16-23/h7-16,18-19,30H,3-6,17,20H2,1-2H3,(H,31,32). The molecule has 0 atom stereocenters. The highest BCUT2D eigenvalue weighted by Crippen LogP contribution is 2.28. The Morgan fingerprint density at radius 2 is 1.61 bits per heavy atom. The minimum absolute atomic E-state index is 0.238. The molecule has 188 valence electrons. The first-order chi connectivity index (χ1) is 17.5. The van der Waals surface area contributed by atoms with Gasteiger partial charge in [-0.05, 0) is 66.9 Å². The van der Waals surface area contributed by atoms with Crippen LogP contribution in [0, 0.1) is 0 Å². The van der Waals surface area contributed by atoms with Gasteiger partial charge >= 0.3 is 0 Å². The molecule has 0 aliphatic rings. The van der Waals surface area contributed by atoms with E-state index in [0.717, 1.165) is 53.1 Å². The van der Waals surface area contributed by atoms with Gasteiger partial charge in [0, 0.05) is 42.2 Å². The van der Waals surface area contributed by atoms with Crippen molar-refractivity contribution in [1.82, 2.24) is 19.7 Å². The zero-order valence-corrected chi connectivity index (χ0v) is 21.5. The number of imidazole rings is 1. The molecule has 0 aliphatic carbocycles. The van der Waals surface area contributed by atoms with Crippen LogP contribution in [-0.2, 0) is 22.9 Å². The smallest absolute Gasteiger partial charge is 0.240 e. The van der Waals surface area contributed by atoms with Crippen LogP contribution < -0.4 is 9.46 Å². The van der Waals surface area contributed by atoms with Crippen LogP contribution in [0.4, 0.5) is 0 Å². The highest BCUT2D eigenvalue weighted by Gasteiger charge is 2.17. The topological polar surface area (TPSA) is 97.0 Å². The third-order valence-corrected chi connectivity index (χ3v) is 7.54. The average Bonchev–Trinajstić information content (AvgIpc) is 3.34. The highest BCUT2D eigenvalue weighted by molar-refractivity contribution is 7.89. The van der Waals surface area contributed by atoms with Crippen molar-refractivity contribution in [3.8, 4) is 28.4 Å². The molecule has 0 bridgehead atoms. The summed E-state index contributed by atoms with van der Waals surface area (Å²) in [5.74, 6) is 1.47. The van der Waals surface area contributed by atoms with Crippen molar-refractivity contribution in [3.63, 3.8) is 0 Å². The Bertz CT molecular complexity index is 1350. The quantitative estimate of drug-likeness (QED) is 0.252. The number of hydrogen-bond acceptors (Lipinski definition) is 5. The number of unbranched alkanes of at least 4 members (excludes halogenated alkanes) is 2. The lowest BCUT2D eigenvalue weighted by Gasteiger charge is -2.08. The van der Waals surface area contributed by atoms with Gasteiger partial charge in [0.25, 0.3) is 0 Å². The second-order valence-corrected chi connectivity index (χ2v) is 10.4. The van der Waals surface area contributed by atoms with Crippen LogP contribution in [0.1, 0.15) is 37.4 Å². The predicted octanol–water partition coefficient (Wildman–Crippen LogP) is 5.40. The minimum Gasteiger partial charge on any atom is -0.497 e. The van der Waals surface area contributed by atoms with E-state index in [1.807, 2.05) is 48.5 Å². The highest BCUT2D eigenvalue weighted by atomic mass is 32.2. The zero-order chi connectivity index (χ0) is 25.4. The third kappa shape index (κ3) is 6.38. The maximum atomic E-state index is 12.9. The molecular weight excluding hydrogens is 472 g/mol. The van der Waals surface area contributed by atoms with Crippen LogP contribution in [0.5, 0.6) is 5.75 Å². The van der Waals surface area contributed by atoms with E-state index < -0.39 is 10.0 Å². The summed E-state index contributed by atoms with van der Waals surface area (Å²) >= 11 is 0. The second kappa shape index (κ2) is 12.0. The summed E-state index contributed by atoms with van der Waals surface area (Å²) in [5, 5.41) is 0. The number of aromatic amines is 1. The third-order valence-electron chi connectivity index (χ3n) is 6.07. The summed E-state index contributed by atoms with van der Waals surface area (Å²) in [6.45, 7) is 2.41. The lowest BCUT2D eigenvalue weighted by atomic mass is 10.1. The van der Waals surface area contributed by atoms with Crippen LogP contribution in [0.3, 0.4) is 0 Å². The summed E-state index contributed by atoms with van der Waals surface area (Å²) in [7, 11) is -1.99. The average molecular weight is 505 g/mol. The molecule has 4 aromatic rings. The van der Waals surface area contributed by atoms with Crippen LogP contribution in [0.25, 0.3) is 22.6 Å². The first kappa shape index (κ1) is 25.6. The van der Waals surface area contributed by atoms with Crippen LogP contribution in [-0.4, -0.2) is 37.0 Å². The first-order valence-electron chi connectivity index (χ1n) is 12.2. The first-order valence-corrected chi connectivity index (χ1v) is 13.7. The Balaban J connectivity index is 1.49. The molecule has 0 fully saturated rings. The fourth-order valence-corrected chi connectivity index (χ4v) is 5.06. The molecule has 2 aromatic carbocycles. The van der Waals surface area contributed by atoms with Crippen molar-refractivity contribution < 1.29 is 13.2 Å². The van der Waals surface area contributed by atoms with E-state index in [4.69, 9.17) is 9.72 Å². The number of nitrogens with one attached hydrogen (secondary N) is 2. The molecule has 8 heteroatoms. The van der Waals surface area contributed by atoms with Gasteiger partial charge in [-0.3, -0.25) is 4.98 Å². The maximum absolute atomic E-state index is 12.9. The fourth-order valence-electron chi connectivity index (χ4n) is 4.03. The SMILES string of the molecule is CCCCCc1ccc(S(=O)(=O)NCCc2[nH]c(-c3ccncc3)nc2-c2ccc(OC)cc2)cc1. The van der Waals surface area contributed by atoms with Gasteiger partial charge in [-0.15, -0.1) is 0 Å². The summed E-state index contributed by atoms with van der Waals surface area (Å²) in [5.41, 5.74) is 4.61. The van der Waals surface area contributed by atoms with Gasteiger partial charge in [-0.25, -0.2) is 18.1 Å². The van der Waals surface area contributed by atoms with Gasteiger partial charge in [-0.2, -0.15) is 0 Å². The molecule has 0 radical (unpaired) electrons. The molecule has 2 heterocycles. The molecule has 0 spiro atoms. The predicted molar refractivity (Wildman–Crippen MR) is 142 cm³/mol. The molecule has 0 amide bonds. The number of rotatable bonds is 12. The number of benzene rings is 2. The molecule has 0 saturated carbocycles. The number of pyridine rings is 1. The Morgan fingerprint density at radius 1 is 0.889 bits per heavy atom. The molecule has 7 nitrogen and oxygen atoms in total. The van der Waals surface area contributed by atoms with Crippen molar-refractivity contribution in [3.05, 3.63) is 84.3 Å². The summed E-state index contributed by atoms with van der Waals surface area (Å²) in [4.78, 5) is 12.5. The van der Waals surface area contributed by atoms with Crippen molar-refractivity contribution >= 4 is 10.0 Å². The van der Waals surface area contributed by atoms with Gasteiger partial charge in [0.2, 0.25) is 10.0 Å². The molecule has 0 saturated heterocycles. The summed E-state index contributed by atoms with van der Waals surface area (Å²) in [6, 6.07) is 18.6. The number of methoxy groups -OCH3 is 1. The summed E-state index contributed by atoms with van der Waals surface area (Å²) in [6.07, 6.45) is 8.31. The Morgan fingerprint density at radius 3 is 2.28 bits per heavy atom. The van der Waals surface area contributed by atoms with Gasteiger partial charge in [-0.1, -0.05) is 31.9 Å². The van der Waals surface area contributed by atoms with E-state index in [9.17, 15) is 8.42 Å². The monoisotopic (exact) mass is 504 g/mol. The number of nitrogens with zero attached hydrogens (tertiary/aromatic N) is 2. The van der Waals surface area contributed by atoms with Crippen LogP contribution in [0.15, 0.2) is 78.0 Å². The number of aromatic nitrogens is 3. The van der Waals surface area contributed by atoms with E-state index in [2.05, 4.69) is 21.6 Å². The largest absolute Gasteiger partial charge is 0.497 e. The van der Waals surface area contributed by atoms with E-state index >= 15 is 0 Å². The molecule has 36 heavy (non-hydrogen) atoms. The van der Waals surface area contributed by atoms with Crippen molar-refractivity contribution in [2.75, 3.05) is 13.7 Å². The summed E-state index contributed by atoms with van der Waals surface area (Å²) < 4.78 is 33.8. The Labute approximate surface area is 213 Å². The van der Waals surface area contributed by atoms with Gasteiger partial charge < -0.3 is 9.72 Å². The molecule has 0 aliphatic heterocycles. The number of ether oxygens (including phenoxy) is 1. The molecule has 4 rings (SSSR count). The fraction of sp³-hybridized carbons (Fsp3) is 0.286. The maximum Gasteiger partial charge on any atom is 0.240 e. The zero-order valence-electron chi connectivity index (χ0n) is 20.7. The Hall–Kier alpha value is -3.49. The van der Waals surface area contributed by atoms with Gasteiger partial charge in [0.1, 0.15) is 11.6 Å². The van der Waals surface area contributed by atoms with E-state index in [1.165, 1.54) is 6.42 Å². The number of sulfonamides is 1. The lowest BCUT2D eigenvalue weighted by molar-refractivity contribution is 0.415. The lowest BCUT2D eigenvalue weighted by Crippen LogP contribution is -2.26. The number of aryl methyl sites for hydroxylation is 1. The van der Waals surface area contributed by atoms with Crippen molar-refractivity contribution in [2.45, 2.75) is 43.9 Å². The molecule has 2 N–H and O–H groups in total. The minimum atomic E-state index is -3.61. The van der Waals surface area contributed by atoms with E-state index in [-0.39, 0.29) is 11.4 Å². The van der Waals surface area contributed by atoms with E-state index in [1.54, 1.807) is 31.6 Å². The Kier molecular flexibility index (Phi) is 8.51. The molecule has 2 aromatic heterocycles. The van der Waals surface area contributed by atoms with E-state index in [0.29, 0.717) is 12.2 Å². The number of hydrogen-bond donors (Lipinski definition) is 2. The molecule has 0 unspecified atom stereocenters. The van der Waals surface area contributed by atoms with Gasteiger partial charge in [0.05, 0.1) is 17.7 Å². The van der Waals surface area contributed by atoms with Crippen molar-refractivity contribution in [1.29, 1.82) is 0 Å². The molecular formula is C28H32N4O3S. The number of H-pyrrole nitrogens is 1. The van der Waals surface area contributed by atoms with Gasteiger partial charge in [0.15, 0.2) is 0 Å².